The lowest BCUT2D eigenvalue weighted by atomic mass is 10.1. The van der Waals surface area contributed by atoms with Crippen molar-refractivity contribution in [3.8, 4) is 0 Å². The van der Waals surface area contributed by atoms with Gasteiger partial charge in [0, 0.05) is 30.9 Å². The largest absolute Gasteiger partial charge is 0.354 e. The molecule has 4 nitrogen and oxygen atoms in total. The standard InChI is InChI=1S/C15H20N2O2/c18-14-4-2-1-3-12-8-17(9-13(12)14)10-15(19)16-7-11-5-6-11/h8-9,11H,1-7,10H2,(H,16,19). The molecule has 2 aliphatic carbocycles. The second-order valence-electron chi connectivity index (χ2n) is 5.75. The third-order valence-electron chi connectivity index (χ3n) is 3.97. The van der Waals surface area contributed by atoms with Gasteiger partial charge in [-0.25, -0.2) is 0 Å². The van der Waals surface area contributed by atoms with Crippen LogP contribution in [0.3, 0.4) is 0 Å². The van der Waals surface area contributed by atoms with Crippen LogP contribution in [-0.2, 0) is 17.8 Å². The van der Waals surface area contributed by atoms with Crippen molar-refractivity contribution < 1.29 is 9.59 Å². The zero-order valence-corrected chi connectivity index (χ0v) is 11.2. The number of aryl methyl sites for hydroxylation is 1. The number of carbonyl (C=O) groups excluding carboxylic acids is 2. The van der Waals surface area contributed by atoms with Crippen molar-refractivity contribution in [2.75, 3.05) is 6.54 Å². The number of fused-ring (bicyclic) bond motifs is 1. The summed E-state index contributed by atoms with van der Waals surface area (Å²) in [5.74, 6) is 0.973. The summed E-state index contributed by atoms with van der Waals surface area (Å²) >= 11 is 0. The number of hydrogen-bond acceptors (Lipinski definition) is 2. The number of nitrogens with zero attached hydrogens (tertiary/aromatic N) is 1. The molecule has 1 N–H and O–H groups in total. The van der Waals surface area contributed by atoms with E-state index in [0.717, 1.165) is 36.9 Å². The summed E-state index contributed by atoms with van der Waals surface area (Å²) in [7, 11) is 0. The Morgan fingerprint density at radius 2 is 2.05 bits per heavy atom. The lowest BCUT2D eigenvalue weighted by Crippen LogP contribution is -2.28. The highest BCUT2D eigenvalue weighted by Gasteiger charge is 2.22. The smallest absolute Gasteiger partial charge is 0.239 e. The highest BCUT2D eigenvalue weighted by atomic mass is 16.2. The minimum atomic E-state index is 0.0458. The second kappa shape index (κ2) is 5.19. The van der Waals surface area contributed by atoms with E-state index in [4.69, 9.17) is 0 Å². The quantitative estimate of drug-likeness (QED) is 0.841. The van der Waals surface area contributed by atoms with E-state index < -0.39 is 0 Å². The topological polar surface area (TPSA) is 51.1 Å². The molecular weight excluding hydrogens is 240 g/mol. The molecular formula is C15H20N2O2. The maximum absolute atomic E-state index is 11.9. The molecule has 1 aromatic rings. The Kier molecular flexibility index (Phi) is 3.40. The van der Waals surface area contributed by atoms with E-state index in [2.05, 4.69) is 5.32 Å². The number of aromatic nitrogens is 1. The second-order valence-corrected chi connectivity index (χ2v) is 5.75. The van der Waals surface area contributed by atoms with Gasteiger partial charge in [-0.05, 0) is 43.6 Å². The summed E-state index contributed by atoms with van der Waals surface area (Å²) in [4.78, 5) is 23.7. The highest BCUT2D eigenvalue weighted by molar-refractivity contribution is 5.97. The van der Waals surface area contributed by atoms with Crippen LogP contribution in [0, 0.1) is 5.92 Å². The lowest BCUT2D eigenvalue weighted by Gasteiger charge is -2.05. The van der Waals surface area contributed by atoms with Crippen molar-refractivity contribution in [3.63, 3.8) is 0 Å². The van der Waals surface area contributed by atoms with Crippen LogP contribution in [0.2, 0.25) is 0 Å². The Bertz CT molecular complexity index is 500. The van der Waals surface area contributed by atoms with Crippen LogP contribution in [0.5, 0.6) is 0 Å². The van der Waals surface area contributed by atoms with Gasteiger partial charge in [-0.1, -0.05) is 0 Å². The number of amides is 1. The zero-order valence-electron chi connectivity index (χ0n) is 11.2. The Balaban J connectivity index is 1.63. The van der Waals surface area contributed by atoms with Gasteiger partial charge in [-0.3, -0.25) is 9.59 Å². The first-order valence-electron chi connectivity index (χ1n) is 7.21. The summed E-state index contributed by atoms with van der Waals surface area (Å²) in [6, 6.07) is 0. The fourth-order valence-corrected chi connectivity index (χ4v) is 2.63. The Hall–Kier alpha value is -1.58. The molecule has 0 saturated heterocycles. The molecule has 1 fully saturated rings. The van der Waals surface area contributed by atoms with Crippen LogP contribution in [-0.4, -0.2) is 22.8 Å². The van der Waals surface area contributed by atoms with Crippen LogP contribution in [0.25, 0.3) is 0 Å². The number of hydrogen-bond donors (Lipinski definition) is 1. The van der Waals surface area contributed by atoms with Crippen molar-refractivity contribution in [1.29, 1.82) is 0 Å². The molecule has 4 heteroatoms. The molecule has 0 unspecified atom stereocenters. The molecule has 1 amide bonds. The van der Waals surface area contributed by atoms with E-state index in [9.17, 15) is 9.59 Å². The third kappa shape index (κ3) is 3.06. The number of rotatable bonds is 4. The summed E-state index contributed by atoms with van der Waals surface area (Å²) in [5, 5.41) is 2.95. The maximum Gasteiger partial charge on any atom is 0.239 e. The van der Waals surface area contributed by atoms with Gasteiger partial charge in [0.05, 0.1) is 0 Å². The number of nitrogens with one attached hydrogen (secondary N) is 1. The average Bonchev–Trinajstić information content (AvgIpc) is 3.15. The molecule has 0 atom stereocenters. The molecule has 0 spiro atoms. The summed E-state index contributed by atoms with van der Waals surface area (Å²) < 4.78 is 1.86. The summed E-state index contributed by atoms with van der Waals surface area (Å²) in [6.07, 6.45) is 9.95. The fourth-order valence-electron chi connectivity index (χ4n) is 2.63. The molecule has 1 saturated carbocycles. The van der Waals surface area contributed by atoms with Crippen LogP contribution in [0.1, 0.15) is 48.0 Å². The van der Waals surface area contributed by atoms with Crippen molar-refractivity contribution in [1.82, 2.24) is 9.88 Å². The summed E-state index contributed by atoms with van der Waals surface area (Å²) in [6.45, 7) is 1.13. The first-order valence-corrected chi connectivity index (χ1v) is 7.21. The van der Waals surface area contributed by atoms with Crippen LogP contribution < -0.4 is 5.32 Å². The van der Waals surface area contributed by atoms with Gasteiger partial charge in [0.15, 0.2) is 5.78 Å². The maximum atomic E-state index is 11.9. The minimum Gasteiger partial charge on any atom is -0.354 e. The van der Waals surface area contributed by atoms with Gasteiger partial charge in [0.1, 0.15) is 6.54 Å². The first-order chi connectivity index (χ1) is 9.22. The highest BCUT2D eigenvalue weighted by Crippen LogP contribution is 2.27. The average molecular weight is 260 g/mol. The minimum absolute atomic E-state index is 0.0458. The fraction of sp³-hybridized carbons (Fsp3) is 0.600. The Labute approximate surface area is 113 Å². The van der Waals surface area contributed by atoms with Gasteiger partial charge < -0.3 is 9.88 Å². The number of ketones is 1. The van der Waals surface area contributed by atoms with Crippen molar-refractivity contribution in [2.45, 2.75) is 45.1 Å². The molecule has 3 rings (SSSR count). The van der Waals surface area contributed by atoms with E-state index in [1.807, 2.05) is 17.0 Å². The van der Waals surface area contributed by atoms with E-state index in [1.54, 1.807) is 0 Å². The van der Waals surface area contributed by atoms with Crippen LogP contribution >= 0.6 is 0 Å². The monoisotopic (exact) mass is 260 g/mol. The van der Waals surface area contributed by atoms with E-state index in [-0.39, 0.29) is 11.7 Å². The van der Waals surface area contributed by atoms with Gasteiger partial charge in [-0.15, -0.1) is 0 Å². The molecule has 19 heavy (non-hydrogen) atoms. The van der Waals surface area contributed by atoms with Gasteiger partial charge >= 0.3 is 0 Å². The first kappa shape index (κ1) is 12.5. The Morgan fingerprint density at radius 3 is 2.84 bits per heavy atom. The van der Waals surface area contributed by atoms with Gasteiger partial charge in [0.2, 0.25) is 5.91 Å². The molecule has 2 aliphatic rings. The van der Waals surface area contributed by atoms with E-state index in [0.29, 0.717) is 18.9 Å². The number of Topliss-reactive ketones (excluding diaryl/α,β-unsaturated/α-hetero) is 1. The third-order valence-corrected chi connectivity index (χ3v) is 3.97. The predicted molar refractivity (Wildman–Crippen MR) is 72.1 cm³/mol. The molecule has 102 valence electrons. The molecule has 1 aromatic heterocycles. The SMILES string of the molecule is O=C(Cn1cc2c(c1)C(=O)CCCC2)NCC1CC1. The summed E-state index contributed by atoms with van der Waals surface area (Å²) in [5.41, 5.74) is 1.94. The zero-order chi connectivity index (χ0) is 13.2. The van der Waals surface area contributed by atoms with Crippen LogP contribution in [0.4, 0.5) is 0 Å². The van der Waals surface area contributed by atoms with Crippen molar-refractivity contribution >= 4 is 11.7 Å². The molecule has 0 aliphatic heterocycles. The van der Waals surface area contributed by atoms with Crippen molar-refractivity contribution in [3.05, 3.63) is 23.5 Å². The van der Waals surface area contributed by atoms with Gasteiger partial charge in [-0.2, -0.15) is 0 Å². The lowest BCUT2D eigenvalue weighted by molar-refractivity contribution is -0.121. The normalized spacial score (nSPS) is 18.8. The van der Waals surface area contributed by atoms with Crippen LogP contribution in [0.15, 0.2) is 12.4 Å². The van der Waals surface area contributed by atoms with E-state index in [1.165, 1.54) is 12.8 Å². The predicted octanol–water partition coefficient (Wildman–Crippen LogP) is 1.92. The molecule has 0 bridgehead atoms. The van der Waals surface area contributed by atoms with Crippen molar-refractivity contribution in [2.24, 2.45) is 5.92 Å². The van der Waals surface area contributed by atoms with Gasteiger partial charge in [0.25, 0.3) is 0 Å². The van der Waals surface area contributed by atoms with E-state index >= 15 is 0 Å². The number of carbonyl (C=O) groups is 2. The molecule has 1 heterocycles. The molecule has 0 radical (unpaired) electrons. The Morgan fingerprint density at radius 1 is 1.26 bits per heavy atom. The molecule has 0 aromatic carbocycles.